The molecular weight excluding hydrogens is 381 g/mol. The van der Waals surface area contributed by atoms with E-state index in [1.54, 1.807) is 19.2 Å². The van der Waals surface area contributed by atoms with Gasteiger partial charge in [-0.25, -0.2) is 9.37 Å². The summed E-state index contributed by atoms with van der Waals surface area (Å²) in [4.78, 5) is 17.5. The van der Waals surface area contributed by atoms with Crippen molar-refractivity contribution >= 4 is 17.2 Å². The van der Waals surface area contributed by atoms with Crippen LogP contribution in [0.4, 0.5) is 10.1 Å². The number of nitrogens with zero attached hydrogens (tertiary/aromatic N) is 2. The standard InChI is InChI=1S/C24H22FN3O2/c1-16-6-5-9-23-26-15-21(28(16)23)20(19-7-3-4-8-22(19)30-2)14-24(29)27-18-12-10-17(25)11-13-18/h3-13,15,20H,14H2,1-2H3,(H,27,29). The van der Waals surface area contributed by atoms with Crippen LogP contribution in [-0.2, 0) is 4.79 Å². The van der Waals surface area contributed by atoms with E-state index in [0.717, 1.165) is 22.6 Å². The molecule has 30 heavy (non-hydrogen) atoms. The third kappa shape index (κ3) is 3.89. The Labute approximate surface area is 174 Å². The van der Waals surface area contributed by atoms with Crippen molar-refractivity contribution in [1.29, 1.82) is 0 Å². The van der Waals surface area contributed by atoms with Gasteiger partial charge in [0.15, 0.2) is 0 Å². The molecular formula is C24H22FN3O2. The predicted octanol–water partition coefficient (Wildman–Crippen LogP) is 4.95. The van der Waals surface area contributed by atoms with Crippen LogP contribution < -0.4 is 10.1 Å². The van der Waals surface area contributed by atoms with E-state index in [1.165, 1.54) is 12.1 Å². The minimum Gasteiger partial charge on any atom is -0.496 e. The lowest BCUT2D eigenvalue weighted by molar-refractivity contribution is -0.116. The van der Waals surface area contributed by atoms with Gasteiger partial charge in [0, 0.05) is 35.5 Å². The summed E-state index contributed by atoms with van der Waals surface area (Å²) in [6.45, 7) is 2.01. The minimum absolute atomic E-state index is 0.180. The Kier molecular flexibility index (Phi) is 5.48. The fourth-order valence-electron chi connectivity index (χ4n) is 3.73. The molecule has 4 rings (SSSR count). The number of fused-ring (bicyclic) bond motifs is 1. The number of nitrogens with one attached hydrogen (secondary N) is 1. The molecule has 2 aromatic heterocycles. The van der Waals surface area contributed by atoms with Gasteiger partial charge >= 0.3 is 0 Å². The molecule has 0 saturated carbocycles. The summed E-state index contributed by atoms with van der Waals surface area (Å²) < 4.78 is 20.8. The fourth-order valence-corrected chi connectivity index (χ4v) is 3.73. The number of benzene rings is 2. The lowest BCUT2D eigenvalue weighted by Gasteiger charge is -2.20. The third-order valence-electron chi connectivity index (χ3n) is 5.14. The Bertz CT molecular complexity index is 1180. The number of amides is 1. The zero-order valence-corrected chi connectivity index (χ0v) is 16.8. The number of anilines is 1. The van der Waals surface area contributed by atoms with Gasteiger partial charge in [-0.1, -0.05) is 24.3 Å². The zero-order chi connectivity index (χ0) is 21.1. The predicted molar refractivity (Wildman–Crippen MR) is 114 cm³/mol. The molecule has 1 amide bonds. The van der Waals surface area contributed by atoms with Gasteiger partial charge in [-0.05, 0) is 49.4 Å². The summed E-state index contributed by atoms with van der Waals surface area (Å²) in [7, 11) is 1.62. The van der Waals surface area contributed by atoms with Crippen molar-refractivity contribution in [1.82, 2.24) is 9.38 Å². The van der Waals surface area contributed by atoms with Gasteiger partial charge in [0.1, 0.15) is 17.2 Å². The van der Waals surface area contributed by atoms with Crippen molar-refractivity contribution in [3.8, 4) is 5.75 Å². The molecule has 1 N–H and O–H groups in total. The van der Waals surface area contributed by atoms with Gasteiger partial charge < -0.3 is 14.5 Å². The first-order valence-electron chi connectivity index (χ1n) is 9.68. The molecule has 0 aliphatic rings. The van der Waals surface area contributed by atoms with Crippen molar-refractivity contribution in [2.45, 2.75) is 19.3 Å². The van der Waals surface area contributed by atoms with Crippen LogP contribution in [0.3, 0.4) is 0 Å². The van der Waals surface area contributed by atoms with Crippen LogP contribution >= 0.6 is 0 Å². The van der Waals surface area contributed by atoms with Crippen LogP contribution in [0.25, 0.3) is 5.65 Å². The lowest BCUT2D eigenvalue weighted by atomic mass is 9.91. The Morgan fingerprint density at radius 1 is 1.10 bits per heavy atom. The maximum atomic E-state index is 13.2. The molecule has 1 unspecified atom stereocenters. The summed E-state index contributed by atoms with van der Waals surface area (Å²) in [5, 5.41) is 2.86. The zero-order valence-electron chi connectivity index (χ0n) is 16.8. The van der Waals surface area contributed by atoms with Gasteiger partial charge in [-0.15, -0.1) is 0 Å². The van der Waals surface area contributed by atoms with E-state index in [-0.39, 0.29) is 24.1 Å². The highest BCUT2D eigenvalue weighted by Gasteiger charge is 2.25. The van der Waals surface area contributed by atoms with Gasteiger partial charge in [0.2, 0.25) is 5.91 Å². The van der Waals surface area contributed by atoms with E-state index in [0.29, 0.717) is 11.4 Å². The van der Waals surface area contributed by atoms with E-state index >= 15 is 0 Å². The number of hydrogen-bond acceptors (Lipinski definition) is 3. The van der Waals surface area contributed by atoms with Gasteiger partial charge in [-0.2, -0.15) is 0 Å². The second-order valence-electron chi connectivity index (χ2n) is 7.10. The molecule has 0 aliphatic heterocycles. The lowest BCUT2D eigenvalue weighted by Crippen LogP contribution is -2.18. The van der Waals surface area contributed by atoms with Crippen LogP contribution in [0.15, 0.2) is 72.9 Å². The smallest absolute Gasteiger partial charge is 0.225 e. The Morgan fingerprint density at radius 3 is 2.63 bits per heavy atom. The van der Waals surface area contributed by atoms with E-state index < -0.39 is 0 Å². The number of aryl methyl sites for hydroxylation is 1. The highest BCUT2D eigenvalue weighted by atomic mass is 19.1. The maximum absolute atomic E-state index is 13.2. The highest BCUT2D eigenvalue weighted by molar-refractivity contribution is 5.91. The summed E-state index contributed by atoms with van der Waals surface area (Å²) in [6.07, 6.45) is 1.99. The molecule has 2 heterocycles. The van der Waals surface area contributed by atoms with Gasteiger partial charge in [0.05, 0.1) is 12.8 Å². The molecule has 0 spiro atoms. The van der Waals surface area contributed by atoms with Crippen LogP contribution in [0.1, 0.15) is 29.3 Å². The molecule has 2 aromatic carbocycles. The number of methoxy groups -OCH3 is 1. The second-order valence-corrected chi connectivity index (χ2v) is 7.10. The van der Waals surface area contributed by atoms with E-state index in [4.69, 9.17) is 4.74 Å². The van der Waals surface area contributed by atoms with Crippen LogP contribution in [0.5, 0.6) is 5.75 Å². The first-order valence-corrected chi connectivity index (χ1v) is 9.68. The third-order valence-corrected chi connectivity index (χ3v) is 5.14. The number of carbonyl (C=O) groups excluding carboxylic acids is 1. The molecule has 5 nitrogen and oxygen atoms in total. The Balaban J connectivity index is 1.74. The number of ether oxygens (including phenoxy) is 1. The highest BCUT2D eigenvalue weighted by Crippen LogP contribution is 2.35. The van der Waals surface area contributed by atoms with Crippen molar-refractivity contribution in [2.24, 2.45) is 0 Å². The van der Waals surface area contributed by atoms with E-state index in [2.05, 4.69) is 14.7 Å². The SMILES string of the molecule is COc1ccccc1C(CC(=O)Nc1ccc(F)cc1)c1cnc2cccc(C)n12. The van der Waals surface area contributed by atoms with Gasteiger partial charge in [0.25, 0.3) is 0 Å². The second kappa shape index (κ2) is 8.37. The number of para-hydroxylation sites is 1. The number of carbonyl (C=O) groups is 1. The average molecular weight is 403 g/mol. The van der Waals surface area contributed by atoms with Crippen molar-refractivity contribution < 1.29 is 13.9 Å². The van der Waals surface area contributed by atoms with Crippen LogP contribution in [0, 0.1) is 12.7 Å². The van der Waals surface area contributed by atoms with E-state index in [9.17, 15) is 9.18 Å². The topological polar surface area (TPSA) is 55.6 Å². The van der Waals surface area contributed by atoms with Crippen LogP contribution in [-0.4, -0.2) is 22.4 Å². The number of rotatable bonds is 6. The van der Waals surface area contributed by atoms with Crippen LogP contribution in [0.2, 0.25) is 0 Å². The molecule has 0 bridgehead atoms. The first-order chi connectivity index (χ1) is 14.6. The normalized spacial score (nSPS) is 12.0. The summed E-state index contributed by atoms with van der Waals surface area (Å²) in [5.41, 5.74) is 4.21. The number of hydrogen-bond donors (Lipinski definition) is 1. The Morgan fingerprint density at radius 2 is 1.87 bits per heavy atom. The fraction of sp³-hybridized carbons (Fsp3) is 0.167. The Hall–Kier alpha value is -3.67. The molecule has 0 saturated heterocycles. The number of pyridine rings is 1. The molecule has 0 fully saturated rings. The van der Waals surface area contributed by atoms with E-state index in [1.807, 2.05) is 55.6 Å². The minimum atomic E-state index is -0.346. The first kappa shape index (κ1) is 19.6. The molecule has 0 aliphatic carbocycles. The largest absolute Gasteiger partial charge is 0.496 e. The maximum Gasteiger partial charge on any atom is 0.225 e. The molecule has 6 heteroatoms. The summed E-state index contributed by atoms with van der Waals surface area (Å²) in [5.74, 6) is -0.0968. The van der Waals surface area contributed by atoms with Gasteiger partial charge in [-0.3, -0.25) is 4.79 Å². The summed E-state index contributed by atoms with van der Waals surface area (Å²) >= 11 is 0. The molecule has 1 atom stereocenters. The number of imidazole rings is 1. The summed E-state index contributed by atoms with van der Waals surface area (Å²) in [6, 6.07) is 19.3. The van der Waals surface area contributed by atoms with Crippen molar-refractivity contribution in [3.05, 3.63) is 95.7 Å². The number of halogens is 1. The monoisotopic (exact) mass is 403 g/mol. The number of aromatic nitrogens is 2. The van der Waals surface area contributed by atoms with Crippen molar-refractivity contribution in [2.75, 3.05) is 12.4 Å². The molecule has 152 valence electrons. The average Bonchev–Trinajstić information content (AvgIpc) is 3.19. The molecule has 0 radical (unpaired) electrons. The van der Waals surface area contributed by atoms with Crippen molar-refractivity contribution in [3.63, 3.8) is 0 Å². The molecule has 4 aromatic rings. The quantitative estimate of drug-likeness (QED) is 0.496.